The number of halogens is 1. The van der Waals surface area contributed by atoms with Gasteiger partial charge in [0.15, 0.2) is 0 Å². The van der Waals surface area contributed by atoms with Crippen molar-refractivity contribution in [2.75, 3.05) is 14.2 Å². The zero-order valence-corrected chi connectivity index (χ0v) is 14.0. The molecule has 0 aliphatic carbocycles. The second-order valence-corrected chi connectivity index (χ2v) is 5.56. The molecule has 23 heavy (non-hydrogen) atoms. The fraction of sp³-hybridized carbons (Fsp3) is 0.278. The third kappa shape index (κ3) is 5.49. The summed E-state index contributed by atoms with van der Waals surface area (Å²) in [6.45, 7) is 0.497. The highest BCUT2D eigenvalue weighted by atomic mass is 35.5. The first-order chi connectivity index (χ1) is 11.1. The highest BCUT2D eigenvalue weighted by molar-refractivity contribution is 6.30. The number of methoxy groups -OCH3 is 2. The maximum atomic E-state index is 12.0. The number of nitrogens with one attached hydrogen (secondary N) is 1. The number of rotatable bonds is 7. The van der Waals surface area contributed by atoms with E-state index >= 15 is 0 Å². The summed E-state index contributed by atoms with van der Waals surface area (Å²) in [5.41, 5.74) is 2.02. The third-order valence-electron chi connectivity index (χ3n) is 3.45. The van der Waals surface area contributed by atoms with E-state index in [4.69, 9.17) is 21.1 Å². The normalized spacial score (nSPS) is 10.2. The van der Waals surface area contributed by atoms with Crippen LogP contribution < -0.4 is 14.8 Å². The van der Waals surface area contributed by atoms with E-state index in [0.29, 0.717) is 24.4 Å². The van der Waals surface area contributed by atoms with Gasteiger partial charge in [0.1, 0.15) is 11.5 Å². The molecule has 0 atom stereocenters. The number of carbonyl (C=O) groups excluding carboxylic acids is 1. The number of benzene rings is 2. The molecular weight excluding hydrogens is 314 g/mol. The summed E-state index contributed by atoms with van der Waals surface area (Å²) in [5.74, 6) is 1.45. The Kier molecular flexibility index (Phi) is 6.29. The molecule has 0 spiro atoms. The lowest BCUT2D eigenvalue weighted by Gasteiger charge is -2.09. The van der Waals surface area contributed by atoms with Crippen LogP contribution in [0.25, 0.3) is 0 Å². The third-order valence-corrected chi connectivity index (χ3v) is 3.71. The van der Waals surface area contributed by atoms with E-state index in [1.54, 1.807) is 14.2 Å². The molecule has 5 heteroatoms. The van der Waals surface area contributed by atoms with E-state index in [9.17, 15) is 4.79 Å². The average molecular weight is 334 g/mol. The molecule has 0 aliphatic heterocycles. The average Bonchev–Trinajstić information content (AvgIpc) is 2.59. The van der Waals surface area contributed by atoms with E-state index in [0.717, 1.165) is 22.6 Å². The Morgan fingerprint density at radius 1 is 1.00 bits per heavy atom. The Hall–Kier alpha value is -2.20. The van der Waals surface area contributed by atoms with Crippen LogP contribution in [0, 0.1) is 0 Å². The summed E-state index contributed by atoms with van der Waals surface area (Å²) in [6.07, 6.45) is 1.03. The van der Waals surface area contributed by atoms with Crippen molar-refractivity contribution >= 4 is 17.5 Å². The fourth-order valence-electron chi connectivity index (χ4n) is 2.16. The summed E-state index contributed by atoms with van der Waals surface area (Å²) >= 11 is 5.83. The molecule has 0 saturated carbocycles. The maximum absolute atomic E-state index is 12.0. The van der Waals surface area contributed by atoms with Crippen LogP contribution in [0.2, 0.25) is 5.02 Å². The molecule has 0 aromatic heterocycles. The van der Waals surface area contributed by atoms with Crippen LogP contribution in [-0.2, 0) is 17.8 Å². The van der Waals surface area contributed by atoms with Crippen LogP contribution >= 0.6 is 11.6 Å². The number of ether oxygens (including phenoxy) is 2. The van der Waals surface area contributed by atoms with Crippen LogP contribution in [0.4, 0.5) is 0 Å². The van der Waals surface area contributed by atoms with Crippen molar-refractivity contribution in [3.63, 3.8) is 0 Å². The van der Waals surface area contributed by atoms with Crippen molar-refractivity contribution in [2.24, 2.45) is 0 Å². The van der Waals surface area contributed by atoms with Gasteiger partial charge in [0.05, 0.1) is 14.2 Å². The molecule has 0 bridgehead atoms. The van der Waals surface area contributed by atoms with Crippen LogP contribution in [0.5, 0.6) is 11.5 Å². The molecule has 2 aromatic carbocycles. The quantitative estimate of drug-likeness (QED) is 0.842. The minimum absolute atomic E-state index is 0.00161. The van der Waals surface area contributed by atoms with Gasteiger partial charge in [-0.1, -0.05) is 23.7 Å². The highest BCUT2D eigenvalue weighted by Gasteiger charge is 2.06. The smallest absolute Gasteiger partial charge is 0.220 e. The van der Waals surface area contributed by atoms with E-state index in [2.05, 4.69) is 5.32 Å². The highest BCUT2D eigenvalue weighted by Crippen LogP contribution is 2.23. The molecule has 122 valence electrons. The lowest BCUT2D eigenvalue weighted by Crippen LogP contribution is -2.22. The van der Waals surface area contributed by atoms with Crippen LogP contribution in [-0.4, -0.2) is 20.1 Å². The largest absolute Gasteiger partial charge is 0.497 e. The molecule has 0 saturated heterocycles. The van der Waals surface area contributed by atoms with E-state index in [1.165, 1.54) is 0 Å². The Bertz CT molecular complexity index is 634. The lowest BCUT2D eigenvalue weighted by molar-refractivity contribution is -0.121. The van der Waals surface area contributed by atoms with E-state index < -0.39 is 0 Å². The Morgan fingerprint density at radius 3 is 2.17 bits per heavy atom. The van der Waals surface area contributed by atoms with Crippen molar-refractivity contribution in [1.29, 1.82) is 0 Å². The summed E-state index contributed by atoms with van der Waals surface area (Å²) in [4.78, 5) is 12.0. The maximum Gasteiger partial charge on any atom is 0.220 e. The molecule has 0 fully saturated rings. The second-order valence-electron chi connectivity index (χ2n) is 5.12. The van der Waals surface area contributed by atoms with Gasteiger partial charge in [-0.05, 0) is 41.8 Å². The molecule has 0 unspecified atom stereocenters. The van der Waals surface area contributed by atoms with Gasteiger partial charge in [0, 0.05) is 24.1 Å². The van der Waals surface area contributed by atoms with Gasteiger partial charge in [-0.15, -0.1) is 0 Å². The Labute approximate surface area is 141 Å². The molecular formula is C18H20ClNO3. The predicted octanol–water partition coefficient (Wildman–Crippen LogP) is 3.61. The summed E-state index contributed by atoms with van der Waals surface area (Å²) in [7, 11) is 3.22. The lowest BCUT2D eigenvalue weighted by atomic mass is 10.1. The van der Waals surface area contributed by atoms with Crippen molar-refractivity contribution < 1.29 is 14.3 Å². The first-order valence-corrected chi connectivity index (χ1v) is 7.71. The van der Waals surface area contributed by atoms with Crippen molar-refractivity contribution in [3.05, 3.63) is 58.6 Å². The summed E-state index contributed by atoms with van der Waals surface area (Å²) < 4.78 is 10.5. The Balaban J connectivity index is 1.85. The molecule has 4 nitrogen and oxygen atoms in total. The number of hydrogen-bond acceptors (Lipinski definition) is 3. The Morgan fingerprint density at radius 2 is 1.61 bits per heavy atom. The van der Waals surface area contributed by atoms with Gasteiger partial charge < -0.3 is 14.8 Å². The van der Waals surface area contributed by atoms with Crippen LogP contribution in [0.3, 0.4) is 0 Å². The molecule has 1 amide bonds. The van der Waals surface area contributed by atoms with Gasteiger partial charge >= 0.3 is 0 Å². The standard InChI is InChI=1S/C18H20ClNO3/c1-22-16-9-14(10-17(11-16)23-2)5-8-18(21)20-12-13-3-6-15(19)7-4-13/h3-4,6-7,9-11H,5,8,12H2,1-2H3,(H,20,21). The zero-order chi connectivity index (χ0) is 16.7. The number of aryl methyl sites for hydroxylation is 1. The zero-order valence-electron chi connectivity index (χ0n) is 13.3. The molecule has 2 aromatic rings. The van der Waals surface area contributed by atoms with Crippen LogP contribution in [0.15, 0.2) is 42.5 Å². The first-order valence-electron chi connectivity index (χ1n) is 7.34. The van der Waals surface area contributed by atoms with Gasteiger partial charge in [-0.2, -0.15) is 0 Å². The SMILES string of the molecule is COc1cc(CCC(=O)NCc2ccc(Cl)cc2)cc(OC)c1. The fourth-order valence-corrected chi connectivity index (χ4v) is 2.29. The first kappa shape index (κ1) is 17.2. The molecule has 0 heterocycles. The van der Waals surface area contributed by atoms with Crippen molar-refractivity contribution in [2.45, 2.75) is 19.4 Å². The number of amides is 1. The number of carbonyl (C=O) groups is 1. The van der Waals surface area contributed by atoms with Crippen molar-refractivity contribution in [1.82, 2.24) is 5.32 Å². The molecule has 1 N–H and O–H groups in total. The monoisotopic (exact) mass is 333 g/mol. The molecule has 0 aliphatic rings. The summed E-state index contributed by atoms with van der Waals surface area (Å²) in [6, 6.07) is 13.1. The van der Waals surface area contributed by atoms with E-state index in [-0.39, 0.29) is 5.91 Å². The minimum Gasteiger partial charge on any atom is -0.497 e. The minimum atomic E-state index is 0.00161. The summed E-state index contributed by atoms with van der Waals surface area (Å²) in [5, 5.41) is 3.59. The number of hydrogen-bond donors (Lipinski definition) is 1. The predicted molar refractivity (Wildman–Crippen MR) is 91.2 cm³/mol. The van der Waals surface area contributed by atoms with Gasteiger partial charge in [0.2, 0.25) is 5.91 Å². The van der Waals surface area contributed by atoms with Crippen LogP contribution in [0.1, 0.15) is 17.5 Å². The van der Waals surface area contributed by atoms with Crippen molar-refractivity contribution in [3.8, 4) is 11.5 Å². The van der Waals surface area contributed by atoms with Gasteiger partial charge in [-0.3, -0.25) is 4.79 Å². The van der Waals surface area contributed by atoms with E-state index in [1.807, 2.05) is 42.5 Å². The van der Waals surface area contributed by atoms with Gasteiger partial charge in [-0.25, -0.2) is 0 Å². The molecule has 2 rings (SSSR count). The van der Waals surface area contributed by atoms with Gasteiger partial charge in [0.25, 0.3) is 0 Å². The second kappa shape index (κ2) is 8.44. The topological polar surface area (TPSA) is 47.6 Å². The molecule has 0 radical (unpaired) electrons.